The molecule has 126 valence electrons. The zero-order valence-corrected chi connectivity index (χ0v) is 15.3. The van der Waals surface area contributed by atoms with E-state index in [-0.39, 0.29) is 18.1 Å². The van der Waals surface area contributed by atoms with Crippen LogP contribution in [0.4, 0.5) is 0 Å². The molecule has 0 saturated carbocycles. The zero-order valence-electron chi connectivity index (χ0n) is 13.7. The molecule has 0 aromatic heterocycles. The van der Waals surface area contributed by atoms with E-state index in [4.69, 9.17) is 9.47 Å². The Morgan fingerprint density at radius 3 is 2.58 bits per heavy atom. The van der Waals surface area contributed by atoms with E-state index in [2.05, 4.69) is 15.9 Å². The molecule has 2 unspecified atom stereocenters. The van der Waals surface area contributed by atoms with Crippen molar-refractivity contribution in [2.24, 2.45) is 0 Å². The van der Waals surface area contributed by atoms with Crippen LogP contribution in [0.3, 0.4) is 0 Å². The number of methoxy groups -OCH3 is 1. The lowest BCUT2D eigenvalue weighted by Gasteiger charge is -2.38. The highest BCUT2D eigenvalue weighted by Crippen LogP contribution is 2.28. The summed E-state index contributed by atoms with van der Waals surface area (Å²) < 4.78 is 12.0. The fraction of sp³-hybridized carbons (Fsp3) is 0.316. The summed E-state index contributed by atoms with van der Waals surface area (Å²) in [5.41, 5.74) is 1.73. The second-order valence-electron chi connectivity index (χ2n) is 5.88. The first kappa shape index (κ1) is 17.0. The van der Waals surface area contributed by atoms with Crippen molar-refractivity contribution in [1.29, 1.82) is 0 Å². The second kappa shape index (κ2) is 7.36. The fourth-order valence-corrected chi connectivity index (χ4v) is 3.30. The SMILES string of the molecule is COc1ccc(C2CN(C(=O)c3ccccc3Br)C(C)CO2)cc1. The van der Waals surface area contributed by atoms with Gasteiger partial charge >= 0.3 is 0 Å². The molecule has 1 aliphatic heterocycles. The highest BCUT2D eigenvalue weighted by molar-refractivity contribution is 9.10. The molecule has 1 saturated heterocycles. The number of rotatable bonds is 3. The van der Waals surface area contributed by atoms with Crippen LogP contribution in [0.1, 0.15) is 28.9 Å². The molecule has 0 aliphatic carbocycles. The molecular formula is C19H20BrNO3. The third-order valence-corrected chi connectivity index (χ3v) is 4.98. The van der Waals surface area contributed by atoms with Gasteiger partial charge in [0, 0.05) is 4.47 Å². The molecule has 24 heavy (non-hydrogen) atoms. The van der Waals surface area contributed by atoms with Gasteiger partial charge in [0.05, 0.1) is 31.9 Å². The van der Waals surface area contributed by atoms with Gasteiger partial charge < -0.3 is 14.4 Å². The highest BCUT2D eigenvalue weighted by Gasteiger charge is 2.31. The van der Waals surface area contributed by atoms with Crippen LogP contribution in [0.5, 0.6) is 5.75 Å². The first-order chi connectivity index (χ1) is 11.6. The summed E-state index contributed by atoms with van der Waals surface area (Å²) in [6.45, 7) is 3.07. The van der Waals surface area contributed by atoms with Crippen molar-refractivity contribution in [3.8, 4) is 5.75 Å². The fourth-order valence-electron chi connectivity index (χ4n) is 2.85. The van der Waals surface area contributed by atoms with Crippen LogP contribution in [0.25, 0.3) is 0 Å². The van der Waals surface area contributed by atoms with Gasteiger partial charge in [-0.1, -0.05) is 24.3 Å². The predicted octanol–water partition coefficient (Wildman–Crippen LogP) is 4.06. The van der Waals surface area contributed by atoms with Gasteiger partial charge in [-0.05, 0) is 52.7 Å². The maximum Gasteiger partial charge on any atom is 0.255 e. The normalized spacial score (nSPS) is 20.7. The van der Waals surface area contributed by atoms with Crippen LogP contribution < -0.4 is 4.74 Å². The molecule has 0 N–H and O–H groups in total. The van der Waals surface area contributed by atoms with Crippen LogP contribution >= 0.6 is 15.9 Å². The van der Waals surface area contributed by atoms with Gasteiger partial charge in [0.25, 0.3) is 5.91 Å². The number of amides is 1. The highest BCUT2D eigenvalue weighted by atomic mass is 79.9. The van der Waals surface area contributed by atoms with E-state index >= 15 is 0 Å². The molecule has 1 aliphatic rings. The number of ether oxygens (including phenoxy) is 2. The molecular weight excluding hydrogens is 370 g/mol. The van der Waals surface area contributed by atoms with E-state index in [1.54, 1.807) is 7.11 Å². The number of hydrogen-bond donors (Lipinski definition) is 0. The summed E-state index contributed by atoms with van der Waals surface area (Å²) in [5.74, 6) is 0.834. The zero-order chi connectivity index (χ0) is 17.1. The Labute approximate surface area is 150 Å². The standard InChI is InChI=1S/C19H20BrNO3/c1-13-12-24-18(14-7-9-15(23-2)10-8-14)11-21(13)19(22)16-5-3-4-6-17(16)20/h3-10,13,18H,11-12H2,1-2H3. The Balaban J connectivity index is 1.80. The van der Waals surface area contributed by atoms with E-state index < -0.39 is 0 Å². The summed E-state index contributed by atoms with van der Waals surface area (Å²) in [7, 11) is 1.64. The van der Waals surface area contributed by atoms with E-state index in [0.717, 1.165) is 15.8 Å². The number of carbonyl (C=O) groups is 1. The van der Waals surface area contributed by atoms with Gasteiger partial charge in [-0.2, -0.15) is 0 Å². The lowest BCUT2D eigenvalue weighted by atomic mass is 10.0. The monoisotopic (exact) mass is 389 g/mol. The number of benzene rings is 2. The largest absolute Gasteiger partial charge is 0.497 e. The van der Waals surface area contributed by atoms with Crippen molar-refractivity contribution in [3.05, 3.63) is 64.1 Å². The maximum atomic E-state index is 12.9. The van der Waals surface area contributed by atoms with Gasteiger partial charge in [-0.15, -0.1) is 0 Å². The number of carbonyl (C=O) groups excluding carboxylic acids is 1. The third-order valence-electron chi connectivity index (χ3n) is 4.29. The van der Waals surface area contributed by atoms with Gasteiger partial charge in [0.15, 0.2) is 0 Å². The van der Waals surface area contributed by atoms with Crippen molar-refractivity contribution in [2.45, 2.75) is 19.1 Å². The molecule has 3 rings (SSSR count). The van der Waals surface area contributed by atoms with Crippen LogP contribution in [-0.2, 0) is 4.74 Å². The quantitative estimate of drug-likeness (QED) is 0.794. The maximum absolute atomic E-state index is 12.9. The van der Waals surface area contributed by atoms with Gasteiger partial charge in [0.2, 0.25) is 0 Å². The molecule has 1 heterocycles. The minimum Gasteiger partial charge on any atom is -0.497 e. The molecule has 2 atom stereocenters. The van der Waals surface area contributed by atoms with Crippen molar-refractivity contribution in [3.63, 3.8) is 0 Å². The number of nitrogens with zero attached hydrogens (tertiary/aromatic N) is 1. The molecule has 1 amide bonds. The summed E-state index contributed by atoms with van der Waals surface area (Å²) in [6, 6.07) is 15.4. The number of halogens is 1. The third kappa shape index (κ3) is 3.47. The summed E-state index contributed by atoms with van der Waals surface area (Å²) in [5, 5.41) is 0. The first-order valence-corrected chi connectivity index (χ1v) is 8.70. The molecule has 2 aromatic carbocycles. The minimum atomic E-state index is -0.126. The summed E-state index contributed by atoms with van der Waals surface area (Å²) in [4.78, 5) is 14.8. The smallest absolute Gasteiger partial charge is 0.255 e. The minimum absolute atomic E-state index is 0.0248. The van der Waals surface area contributed by atoms with Gasteiger partial charge in [-0.3, -0.25) is 4.79 Å². The second-order valence-corrected chi connectivity index (χ2v) is 6.74. The van der Waals surface area contributed by atoms with Crippen molar-refractivity contribution >= 4 is 21.8 Å². The van der Waals surface area contributed by atoms with E-state index in [1.807, 2.05) is 60.4 Å². The van der Waals surface area contributed by atoms with Crippen LogP contribution in [0.2, 0.25) is 0 Å². The Morgan fingerprint density at radius 1 is 1.21 bits per heavy atom. The van der Waals surface area contributed by atoms with Crippen LogP contribution in [0, 0.1) is 0 Å². The van der Waals surface area contributed by atoms with Crippen molar-refractivity contribution < 1.29 is 14.3 Å². The Bertz CT molecular complexity index is 717. The number of morpholine rings is 1. The van der Waals surface area contributed by atoms with Crippen LogP contribution in [-0.4, -0.2) is 37.1 Å². The molecule has 0 bridgehead atoms. The molecule has 5 heteroatoms. The van der Waals surface area contributed by atoms with E-state index in [0.29, 0.717) is 18.7 Å². The molecule has 1 fully saturated rings. The average molecular weight is 390 g/mol. The van der Waals surface area contributed by atoms with Crippen LogP contribution in [0.15, 0.2) is 53.0 Å². The lowest BCUT2D eigenvalue weighted by molar-refractivity contribution is -0.0487. The Morgan fingerprint density at radius 2 is 1.92 bits per heavy atom. The molecule has 0 spiro atoms. The lowest BCUT2D eigenvalue weighted by Crippen LogP contribution is -2.48. The van der Waals surface area contributed by atoms with E-state index in [1.165, 1.54) is 0 Å². The number of hydrogen-bond acceptors (Lipinski definition) is 3. The average Bonchev–Trinajstić information content (AvgIpc) is 2.62. The Kier molecular flexibility index (Phi) is 5.21. The van der Waals surface area contributed by atoms with Gasteiger partial charge in [0.1, 0.15) is 11.9 Å². The molecule has 4 nitrogen and oxygen atoms in total. The molecule has 0 radical (unpaired) electrons. The predicted molar refractivity (Wildman–Crippen MR) is 96.3 cm³/mol. The molecule has 2 aromatic rings. The van der Waals surface area contributed by atoms with E-state index in [9.17, 15) is 4.79 Å². The Hall–Kier alpha value is -1.85. The summed E-state index contributed by atoms with van der Waals surface area (Å²) in [6.07, 6.45) is -0.126. The first-order valence-electron chi connectivity index (χ1n) is 7.91. The van der Waals surface area contributed by atoms with Gasteiger partial charge in [-0.25, -0.2) is 0 Å². The van der Waals surface area contributed by atoms with Crippen molar-refractivity contribution in [2.75, 3.05) is 20.3 Å². The van der Waals surface area contributed by atoms with Crippen molar-refractivity contribution in [1.82, 2.24) is 4.90 Å². The topological polar surface area (TPSA) is 38.8 Å². The summed E-state index contributed by atoms with van der Waals surface area (Å²) >= 11 is 3.47.